The summed E-state index contributed by atoms with van der Waals surface area (Å²) >= 11 is 13.1. The zero-order chi connectivity index (χ0) is 26.3. The van der Waals surface area contributed by atoms with E-state index >= 15 is 4.39 Å². The Morgan fingerprint density at radius 1 is 1.22 bits per heavy atom. The molecule has 1 aliphatic rings. The van der Waals surface area contributed by atoms with Crippen LogP contribution in [0.5, 0.6) is 0 Å². The van der Waals surface area contributed by atoms with Crippen molar-refractivity contribution in [3.05, 3.63) is 75.4 Å². The fourth-order valence-electron chi connectivity index (χ4n) is 4.16. The van der Waals surface area contributed by atoms with Crippen LogP contribution < -0.4 is 10.6 Å². The van der Waals surface area contributed by atoms with Crippen molar-refractivity contribution < 1.29 is 4.39 Å². The Bertz CT molecular complexity index is 1500. The molecule has 1 fully saturated rings. The van der Waals surface area contributed by atoms with Crippen LogP contribution in [0, 0.1) is 22.6 Å². The van der Waals surface area contributed by atoms with Crippen molar-refractivity contribution in [3.63, 3.8) is 0 Å². The minimum Gasteiger partial charge on any atom is -0.383 e. The van der Waals surface area contributed by atoms with E-state index in [9.17, 15) is 5.26 Å². The normalized spacial score (nSPS) is 14.4. The van der Waals surface area contributed by atoms with E-state index in [1.807, 2.05) is 16.9 Å². The molecule has 1 aliphatic carbocycles. The lowest BCUT2D eigenvalue weighted by molar-refractivity contribution is 0.443. The van der Waals surface area contributed by atoms with Gasteiger partial charge in [0.2, 0.25) is 0 Å². The Labute approximate surface area is 224 Å². The smallest absolute Gasteiger partial charge is 0.130 e. The van der Waals surface area contributed by atoms with E-state index in [1.54, 1.807) is 18.2 Å². The fourth-order valence-corrected chi connectivity index (χ4v) is 4.70. The van der Waals surface area contributed by atoms with Gasteiger partial charge in [-0.15, -0.1) is 5.10 Å². The van der Waals surface area contributed by atoms with Crippen LogP contribution >= 0.6 is 23.2 Å². The summed E-state index contributed by atoms with van der Waals surface area (Å²) in [5.41, 5.74) is 2.98. The second kappa shape index (κ2) is 9.81. The average Bonchev–Trinajstić information content (AvgIpc) is 3.57. The molecule has 1 saturated carbocycles. The number of nitriles is 1. The third kappa shape index (κ3) is 5.34. The summed E-state index contributed by atoms with van der Waals surface area (Å²) in [6, 6.07) is 9.96. The minimum absolute atomic E-state index is 0.0258. The number of aromatic nitrogens is 4. The fraction of sp³-hybridized carbons (Fsp3) is 0.333. The average molecular weight is 538 g/mol. The molecule has 2 aromatic heterocycles. The lowest BCUT2D eigenvalue weighted by Crippen LogP contribution is -2.20. The molecule has 0 saturated heterocycles. The van der Waals surface area contributed by atoms with Gasteiger partial charge in [-0.2, -0.15) is 5.26 Å². The summed E-state index contributed by atoms with van der Waals surface area (Å²) in [4.78, 5) is 4.42. The predicted octanol–water partition coefficient (Wildman–Crippen LogP) is 7.14. The van der Waals surface area contributed by atoms with Crippen LogP contribution in [0.1, 0.15) is 62.5 Å². The molecule has 0 radical (unpaired) electrons. The molecule has 0 aliphatic heterocycles. The number of hydrogen-bond acceptors (Lipinski definition) is 6. The van der Waals surface area contributed by atoms with E-state index in [-0.39, 0.29) is 16.0 Å². The molecular formula is C27H26Cl2FN7. The van der Waals surface area contributed by atoms with E-state index in [4.69, 9.17) is 23.2 Å². The topological polar surface area (TPSA) is 91.5 Å². The lowest BCUT2D eigenvalue weighted by atomic mass is 9.96. The molecule has 0 amide bonds. The van der Waals surface area contributed by atoms with Crippen LogP contribution in [0.2, 0.25) is 10.0 Å². The first-order valence-corrected chi connectivity index (χ1v) is 12.8. The summed E-state index contributed by atoms with van der Waals surface area (Å²) in [5.74, 6) is -0.459. The van der Waals surface area contributed by atoms with Gasteiger partial charge in [0.05, 0.1) is 34.0 Å². The van der Waals surface area contributed by atoms with Gasteiger partial charge in [-0.05, 0) is 42.5 Å². The SMILES string of the molecule is CC(C)(C)CNc1c(C#N)cnc2c(Cl)cc(NC(c3cn(C4CC4)nn3)c3c(F)cccc3Cl)cc12. The van der Waals surface area contributed by atoms with Gasteiger partial charge in [0.25, 0.3) is 0 Å². The van der Waals surface area contributed by atoms with E-state index in [0.29, 0.717) is 51.1 Å². The summed E-state index contributed by atoms with van der Waals surface area (Å²) < 4.78 is 16.9. The molecule has 190 valence electrons. The number of pyridine rings is 1. The first kappa shape index (κ1) is 25.2. The Balaban J connectivity index is 1.61. The van der Waals surface area contributed by atoms with Crippen molar-refractivity contribution in [2.45, 2.75) is 45.7 Å². The van der Waals surface area contributed by atoms with Crippen LogP contribution in [0.25, 0.3) is 10.9 Å². The third-order valence-corrected chi connectivity index (χ3v) is 6.80. The lowest BCUT2D eigenvalue weighted by Gasteiger charge is -2.23. The van der Waals surface area contributed by atoms with Crippen molar-refractivity contribution in [2.75, 3.05) is 17.2 Å². The Hall–Kier alpha value is -3.41. The molecular weight excluding hydrogens is 512 g/mol. The number of fused-ring (bicyclic) bond motifs is 1. The highest BCUT2D eigenvalue weighted by Gasteiger charge is 2.29. The molecule has 4 aromatic rings. The number of anilines is 2. The summed E-state index contributed by atoms with van der Waals surface area (Å²) in [6.07, 6.45) is 5.43. The number of nitrogens with zero attached hydrogens (tertiary/aromatic N) is 5. The molecule has 2 N–H and O–H groups in total. The molecule has 37 heavy (non-hydrogen) atoms. The quantitative estimate of drug-likeness (QED) is 0.260. The molecule has 2 aromatic carbocycles. The van der Waals surface area contributed by atoms with Crippen molar-refractivity contribution in [3.8, 4) is 6.07 Å². The van der Waals surface area contributed by atoms with Crippen LogP contribution in [0.3, 0.4) is 0 Å². The Kier molecular flexibility index (Phi) is 6.69. The highest BCUT2D eigenvalue weighted by atomic mass is 35.5. The predicted molar refractivity (Wildman–Crippen MR) is 145 cm³/mol. The van der Waals surface area contributed by atoms with Gasteiger partial charge < -0.3 is 10.6 Å². The molecule has 0 spiro atoms. The second-order valence-corrected chi connectivity index (χ2v) is 11.3. The number of nitrogens with one attached hydrogen (secondary N) is 2. The number of rotatable bonds is 7. The van der Waals surface area contributed by atoms with Crippen molar-refractivity contribution in [2.24, 2.45) is 5.41 Å². The van der Waals surface area contributed by atoms with Crippen LogP contribution in [0.4, 0.5) is 15.8 Å². The first-order valence-electron chi connectivity index (χ1n) is 12.0. The molecule has 1 atom stereocenters. The van der Waals surface area contributed by atoms with Gasteiger partial charge in [0.1, 0.15) is 23.6 Å². The number of benzene rings is 2. The summed E-state index contributed by atoms with van der Waals surface area (Å²) in [7, 11) is 0. The zero-order valence-corrected chi connectivity index (χ0v) is 22.2. The molecule has 1 unspecified atom stereocenters. The number of hydrogen-bond donors (Lipinski definition) is 2. The summed E-state index contributed by atoms with van der Waals surface area (Å²) in [5, 5.41) is 26.5. The van der Waals surface area contributed by atoms with Gasteiger partial charge in [0.15, 0.2) is 0 Å². The molecule has 0 bridgehead atoms. The van der Waals surface area contributed by atoms with Crippen LogP contribution in [0.15, 0.2) is 42.7 Å². The summed E-state index contributed by atoms with van der Waals surface area (Å²) in [6.45, 7) is 6.95. The molecule has 2 heterocycles. The van der Waals surface area contributed by atoms with E-state index in [2.05, 4.69) is 52.8 Å². The largest absolute Gasteiger partial charge is 0.383 e. The highest BCUT2D eigenvalue weighted by Crippen LogP contribution is 2.39. The Morgan fingerprint density at radius 3 is 2.68 bits per heavy atom. The van der Waals surface area contributed by atoms with Gasteiger partial charge in [-0.1, -0.05) is 55.3 Å². The zero-order valence-electron chi connectivity index (χ0n) is 20.7. The van der Waals surface area contributed by atoms with Gasteiger partial charge in [0, 0.05) is 34.4 Å². The van der Waals surface area contributed by atoms with E-state index in [1.165, 1.54) is 12.3 Å². The highest BCUT2D eigenvalue weighted by molar-refractivity contribution is 6.36. The van der Waals surface area contributed by atoms with Crippen LogP contribution in [-0.4, -0.2) is 26.5 Å². The standard InChI is InChI=1S/C27H26Cl2FN7/c1-27(2,3)14-33-24-15(11-31)12-32-25-18(24)9-16(10-20(25)29)34-26(23-19(28)5-4-6-21(23)30)22-13-37(36-35-22)17-7-8-17/h4-6,9-10,12-13,17,26,34H,7-8,14H2,1-3H3,(H,32,33). The maximum atomic E-state index is 15.1. The van der Waals surface area contributed by atoms with E-state index in [0.717, 1.165) is 12.8 Å². The second-order valence-electron chi connectivity index (χ2n) is 10.5. The van der Waals surface area contributed by atoms with Crippen molar-refractivity contribution >= 4 is 45.5 Å². The van der Waals surface area contributed by atoms with Gasteiger partial charge in [-0.25, -0.2) is 9.07 Å². The van der Waals surface area contributed by atoms with Gasteiger partial charge >= 0.3 is 0 Å². The molecule has 10 heteroatoms. The number of halogens is 3. The minimum atomic E-state index is -0.729. The maximum Gasteiger partial charge on any atom is 0.130 e. The van der Waals surface area contributed by atoms with Crippen molar-refractivity contribution in [1.82, 2.24) is 20.0 Å². The first-order chi connectivity index (χ1) is 17.6. The monoisotopic (exact) mass is 537 g/mol. The van der Waals surface area contributed by atoms with Gasteiger partial charge in [-0.3, -0.25) is 4.98 Å². The Morgan fingerprint density at radius 2 is 2.00 bits per heavy atom. The molecule has 5 rings (SSSR count). The molecule has 7 nitrogen and oxygen atoms in total. The van der Waals surface area contributed by atoms with Crippen LogP contribution in [-0.2, 0) is 0 Å². The van der Waals surface area contributed by atoms with Crippen molar-refractivity contribution in [1.29, 1.82) is 5.26 Å². The van der Waals surface area contributed by atoms with E-state index < -0.39 is 11.9 Å². The maximum absolute atomic E-state index is 15.1. The third-order valence-electron chi connectivity index (χ3n) is 6.18.